The summed E-state index contributed by atoms with van der Waals surface area (Å²) in [5, 5.41) is 6.23. The minimum Gasteiger partial charge on any atom is -0.361 e. The van der Waals surface area contributed by atoms with Crippen LogP contribution in [0.15, 0.2) is 41.2 Å². The average molecular weight is 411 g/mol. The number of rotatable bonds is 3. The second kappa shape index (κ2) is 6.66. The van der Waals surface area contributed by atoms with E-state index in [-0.39, 0.29) is 22.8 Å². The van der Waals surface area contributed by atoms with Gasteiger partial charge in [-0.3, -0.25) is 19.6 Å². The summed E-state index contributed by atoms with van der Waals surface area (Å²) in [4.78, 5) is 25.2. The van der Waals surface area contributed by atoms with Crippen LogP contribution in [0.4, 0.5) is 13.2 Å². The molecule has 0 bridgehead atoms. The zero-order valence-corrected chi connectivity index (χ0v) is 15.1. The van der Waals surface area contributed by atoms with E-state index in [1.807, 2.05) is 0 Å². The maximum absolute atomic E-state index is 13.2. The highest BCUT2D eigenvalue weighted by atomic mass is 35.5. The van der Waals surface area contributed by atoms with Gasteiger partial charge >= 0.3 is 6.18 Å². The van der Waals surface area contributed by atoms with Gasteiger partial charge in [0.15, 0.2) is 0 Å². The zero-order chi connectivity index (χ0) is 20.1. The van der Waals surface area contributed by atoms with Crippen LogP contribution in [0.5, 0.6) is 0 Å². The van der Waals surface area contributed by atoms with Crippen molar-refractivity contribution in [1.29, 1.82) is 0 Å². The number of amides is 2. The number of aromatic nitrogens is 2. The number of alkyl halides is 3. The van der Waals surface area contributed by atoms with Crippen LogP contribution in [0.25, 0.3) is 0 Å². The summed E-state index contributed by atoms with van der Waals surface area (Å²) < 4.78 is 41.2. The van der Waals surface area contributed by atoms with Gasteiger partial charge in [-0.15, -0.1) is 0 Å². The molecule has 1 aromatic carbocycles. The first-order chi connectivity index (χ1) is 13.3. The van der Waals surface area contributed by atoms with E-state index in [4.69, 9.17) is 11.6 Å². The molecule has 2 amide bonds. The standard InChI is InChI=1S/C18H14ClF3N4O2/c19-14-15(17(28)24-16(14)27)25-6-5-13-11(8-25)7-23-26(13)9-10-3-1-2-4-12(10)18(20,21)22/h1-4,7H,5-6,8-9H2,(H,24,27,28). The Morgan fingerprint density at radius 1 is 1.18 bits per heavy atom. The monoisotopic (exact) mass is 410 g/mol. The van der Waals surface area contributed by atoms with Gasteiger partial charge in [0.05, 0.1) is 18.3 Å². The van der Waals surface area contributed by atoms with E-state index in [9.17, 15) is 22.8 Å². The van der Waals surface area contributed by atoms with E-state index < -0.39 is 23.6 Å². The topological polar surface area (TPSA) is 67.2 Å². The number of hydrogen-bond acceptors (Lipinski definition) is 4. The van der Waals surface area contributed by atoms with Crippen molar-refractivity contribution in [3.8, 4) is 0 Å². The number of hydrogen-bond donors (Lipinski definition) is 1. The van der Waals surface area contributed by atoms with Crippen molar-refractivity contribution in [2.24, 2.45) is 0 Å². The van der Waals surface area contributed by atoms with Crippen LogP contribution in [0.1, 0.15) is 22.4 Å². The fourth-order valence-electron chi connectivity index (χ4n) is 3.53. The largest absolute Gasteiger partial charge is 0.416 e. The van der Waals surface area contributed by atoms with Crippen molar-refractivity contribution in [2.75, 3.05) is 6.54 Å². The average Bonchev–Trinajstić information content (AvgIpc) is 3.14. The molecule has 0 aliphatic carbocycles. The molecule has 4 rings (SSSR count). The molecule has 1 aromatic heterocycles. The SMILES string of the molecule is O=C1NC(=O)C(N2CCc3c(cnn3Cc3ccccc3C(F)(F)F)C2)=C1Cl. The summed E-state index contributed by atoms with van der Waals surface area (Å²) in [6.45, 7) is 0.682. The Labute approximate surface area is 162 Å². The summed E-state index contributed by atoms with van der Waals surface area (Å²) in [6, 6.07) is 5.41. The third kappa shape index (κ3) is 3.15. The van der Waals surface area contributed by atoms with E-state index in [2.05, 4.69) is 10.4 Å². The molecule has 0 atom stereocenters. The molecule has 0 spiro atoms. The van der Waals surface area contributed by atoms with Crippen LogP contribution < -0.4 is 5.32 Å². The van der Waals surface area contributed by atoms with Gasteiger partial charge in [0.1, 0.15) is 10.7 Å². The van der Waals surface area contributed by atoms with Gasteiger partial charge in [-0.2, -0.15) is 18.3 Å². The number of carbonyl (C=O) groups is 2. The maximum Gasteiger partial charge on any atom is 0.416 e. The van der Waals surface area contributed by atoms with E-state index in [1.165, 1.54) is 12.1 Å². The Balaban J connectivity index is 1.59. The third-order valence-corrected chi connectivity index (χ3v) is 5.17. The highest BCUT2D eigenvalue weighted by Crippen LogP contribution is 2.33. The lowest BCUT2D eigenvalue weighted by atomic mass is 10.1. The molecule has 0 saturated carbocycles. The molecule has 2 aromatic rings. The van der Waals surface area contributed by atoms with Gasteiger partial charge in [0, 0.05) is 30.8 Å². The fourth-order valence-corrected chi connectivity index (χ4v) is 3.78. The molecule has 3 heterocycles. The first kappa shape index (κ1) is 18.5. The predicted molar refractivity (Wildman–Crippen MR) is 92.9 cm³/mol. The normalized spacial score (nSPS) is 17.2. The molecule has 2 aliphatic rings. The Morgan fingerprint density at radius 2 is 1.93 bits per heavy atom. The molecule has 6 nitrogen and oxygen atoms in total. The minimum absolute atomic E-state index is 0.00651. The van der Waals surface area contributed by atoms with Crippen LogP contribution in [0.2, 0.25) is 0 Å². The first-order valence-electron chi connectivity index (χ1n) is 8.44. The van der Waals surface area contributed by atoms with E-state index in [1.54, 1.807) is 21.8 Å². The van der Waals surface area contributed by atoms with Crippen molar-refractivity contribution >= 4 is 23.4 Å². The van der Waals surface area contributed by atoms with E-state index in [0.29, 0.717) is 19.5 Å². The van der Waals surface area contributed by atoms with Crippen molar-refractivity contribution in [1.82, 2.24) is 20.0 Å². The highest BCUT2D eigenvalue weighted by molar-refractivity contribution is 6.47. The molecule has 0 fully saturated rings. The number of nitrogens with one attached hydrogen (secondary N) is 1. The molecule has 0 radical (unpaired) electrons. The number of carbonyl (C=O) groups excluding carboxylic acids is 2. The minimum atomic E-state index is -4.44. The summed E-state index contributed by atoms with van der Waals surface area (Å²) in [7, 11) is 0. The summed E-state index contributed by atoms with van der Waals surface area (Å²) in [5.41, 5.74) is 1.15. The number of benzene rings is 1. The van der Waals surface area contributed by atoms with Crippen molar-refractivity contribution in [3.63, 3.8) is 0 Å². The van der Waals surface area contributed by atoms with Gasteiger partial charge in [0.2, 0.25) is 0 Å². The molecule has 10 heteroatoms. The molecular weight excluding hydrogens is 397 g/mol. The third-order valence-electron chi connectivity index (χ3n) is 4.82. The van der Waals surface area contributed by atoms with Gasteiger partial charge in [-0.25, -0.2) is 0 Å². The van der Waals surface area contributed by atoms with Gasteiger partial charge in [0.25, 0.3) is 11.8 Å². The Morgan fingerprint density at radius 3 is 2.61 bits per heavy atom. The summed E-state index contributed by atoms with van der Waals surface area (Å²) >= 11 is 5.93. The fraction of sp³-hybridized carbons (Fsp3) is 0.278. The maximum atomic E-state index is 13.2. The van der Waals surface area contributed by atoms with Crippen LogP contribution >= 0.6 is 11.6 Å². The second-order valence-electron chi connectivity index (χ2n) is 6.55. The molecule has 2 aliphatic heterocycles. The predicted octanol–water partition coefficient (Wildman–Crippen LogP) is 2.42. The first-order valence-corrected chi connectivity index (χ1v) is 8.82. The molecule has 28 heavy (non-hydrogen) atoms. The Kier molecular flexibility index (Phi) is 4.41. The van der Waals surface area contributed by atoms with Gasteiger partial charge in [-0.1, -0.05) is 29.8 Å². The van der Waals surface area contributed by atoms with Gasteiger partial charge < -0.3 is 4.90 Å². The van der Waals surface area contributed by atoms with Crippen LogP contribution in [-0.2, 0) is 35.3 Å². The van der Waals surface area contributed by atoms with Gasteiger partial charge in [-0.05, 0) is 11.6 Å². The lowest BCUT2D eigenvalue weighted by Gasteiger charge is -2.29. The molecule has 1 N–H and O–H groups in total. The van der Waals surface area contributed by atoms with Crippen molar-refractivity contribution < 1.29 is 22.8 Å². The summed E-state index contributed by atoms with van der Waals surface area (Å²) in [6.07, 6.45) is -2.41. The number of halogens is 4. The molecule has 0 saturated heterocycles. The lowest BCUT2D eigenvalue weighted by molar-refractivity contribution is -0.138. The van der Waals surface area contributed by atoms with Crippen LogP contribution in [0.3, 0.4) is 0 Å². The smallest absolute Gasteiger partial charge is 0.361 e. The van der Waals surface area contributed by atoms with Crippen molar-refractivity contribution in [3.05, 3.63) is 63.6 Å². The molecule has 146 valence electrons. The quantitative estimate of drug-likeness (QED) is 0.789. The Bertz CT molecular complexity index is 1010. The number of nitrogens with zero attached hydrogens (tertiary/aromatic N) is 3. The van der Waals surface area contributed by atoms with Crippen molar-refractivity contribution in [2.45, 2.75) is 25.7 Å². The van der Waals surface area contributed by atoms with E-state index in [0.717, 1.165) is 17.3 Å². The molecular formula is C18H14ClF3N4O2. The second-order valence-corrected chi connectivity index (χ2v) is 6.92. The lowest BCUT2D eigenvalue weighted by Crippen LogP contribution is -2.35. The van der Waals surface area contributed by atoms with E-state index >= 15 is 0 Å². The highest BCUT2D eigenvalue weighted by Gasteiger charge is 2.36. The number of fused-ring (bicyclic) bond motifs is 1. The summed E-state index contributed by atoms with van der Waals surface area (Å²) in [5.74, 6) is -1.18. The Hall–Kier alpha value is -2.81. The zero-order valence-electron chi connectivity index (χ0n) is 14.4. The molecule has 0 unspecified atom stereocenters. The van der Waals surface area contributed by atoms with Crippen LogP contribution in [-0.4, -0.2) is 33.0 Å². The van der Waals surface area contributed by atoms with Crippen LogP contribution in [0, 0.1) is 0 Å². The number of imide groups is 1.